The monoisotopic (exact) mass is 245 g/mol. The van der Waals surface area contributed by atoms with Crippen molar-refractivity contribution in [1.29, 1.82) is 0 Å². The van der Waals surface area contributed by atoms with Gasteiger partial charge >= 0.3 is 5.97 Å². The van der Waals surface area contributed by atoms with Crippen molar-refractivity contribution >= 4 is 5.97 Å². The van der Waals surface area contributed by atoms with Gasteiger partial charge in [-0.05, 0) is 32.2 Å². The number of nitrogens with zero attached hydrogens (tertiary/aromatic N) is 1. The highest BCUT2D eigenvalue weighted by molar-refractivity contribution is 5.78. The van der Waals surface area contributed by atoms with Crippen molar-refractivity contribution in [1.82, 2.24) is 4.90 Å². The van der Waals surface area contributed by atoms with Crippen LogP contribution in [-0.4, -0.2) is 62.0 Å². The van der Waals surface area contributed by atoms with Crippen molar-refractivity contribution < 1.29 is 19.4 Å². The van der Waals surface area contributed by atoms with Gasteiger partial charge in [0.1, 0.15) is 0 Å². The molecule has 1 heterocycles. The van der Waals surface area contributed by atoms with Crippen LogP contribution in [0.4, 0.5) is 0 Å². The first-order valence-electron chi connectivity index (χ1n) is 6.01. The van der Waals surface area contributed by atoms with Crippen molar-refractivity contribution in [2.75, 3.05) is 40.5 Å². The van der Waals surface area contributed by atoms with Gasteiger partial charge in [-0.15, -0.1) is 0 Å². The van der Waals surface area contributed by atoms with Crippen LogP contribution in [0, 0.1) is 5.92 Å². The van der Waals surface area contributed by atoms with Crippen LogP contribution in [-0.2, 0) is 14.3 Å². The first-order chi connectivity index (χ1) is 7.99. The summed E-state index contributed by atoms with van der Waals surface area (Å²) in [4.78, 5) is 13.5. The molecule has 2 unspecified atom stereocenters. The SMILES string of the molecule is COCC1CCCN(CC(C)(O)C(=O)OC)C1. The molecule has 0 amide bonds. The number of carbonyl (C=O) groups is 1. The normalized spacial score (nSPS) is 25.3. The van der Waals surface area contributed by atoms with E-state index in [0.717, 1.165) is 32.5 Å². The van der Waals surface area contributed by atoms with Crippen LogP contribution in [0.25, 0.3) is 0 Å². The van der Waals surface area contributed by atoms with Gasteiger partial charge in [0.2, 0.25) is 0 Å². The lowest BCUT2D eigenvalue weighted by Gasteiger charge is -2.35. The topological polar surface area (TPSA) is 59.0 Å². The second-order valence-electron chi connectivity index (χ2n) is 4.96. The van der Waals surface area contributed by atoms with E-state index in [1.54, 1.807) is 7.11 Å². The summed E-state index contributed by atoms with van der Waals surface area (Å²) < 4.78 is 9.74. The van der Waals surface area contributed by atoms with E-state index in [0.29, 0.717) is 12.5 Å². The predicted octanol–water partition coefficient (Wildman–Crippen LogP) is 0.269. The molecule has 0 aromatic rings. The van der Waals surface area contributed by atoms with E-state index in [9.17, 15) is 9.90 Å². The van der Waals surface area contributed by atoms with Crippen molar-refractivity contribution in [3.8, 4) is 0 Å². The Balaban J connectivity index is 2.47. The van der Waals surface area contributed by atoms with Gasteiger partial charge in [-0.3, -0.25) is 4.90 Å². The molecule has 0 bridgehead atoms. The highest BCUT2D eigenvalue weighted by atomic mass is 16.5. The molecule has 100 valence electrons. The fourth-order valence-corrected chi connectivity index (χ4v) is 2.39. The van der Waals surface area contributed by atoms with E-state index < -0.39 is 11.6 Å². The summed E-state index contributed by atoms with van der Waals surface area (Å²) in [5.74, 6) is -0.0893. The van der Waals surface area contributed by atoms with Crippen LogP contribution in [0.2, 0.25) is 0 Å². The highest BCUT2D eigenvalue weighted by Gasteiger charge is 2.35. The van der Waals surface area contributed by atoms with Crippen LogP contribution >= 0.6 is 0 Å². The quantitative estimate of drug-likeness (QED) is 0.705. The lowest BCUT2D eigenvalue weighted by Crippen LogP contribution is -2.50. The van der Waals surface area contributed by atoms with E-state index in [2.05, 4.69) is 9.64 Å². The van der Waals surface area contributed by atoms with E-state index in [1.807, 2.05) is 0 Å². The zero-order chi connectivity index (χ0) is 12.9. The predicted molar refractivity (Wildman–Crippen MR) is 63.7 cm³/mol. The third-order valence-corrected chi connectivity index (χ3v) is 3.16. The van der Waals surface area contributed by atoms with Gasteiger partial charge in [0.15, 0.2) is 5.60 Å². The third kappa shape index (κ3) is 4.26. The maximum atomic E-state index is 11.4. The number of hydrogen-bond donors (Lipinski definition) is 1. The van der Waals surface area contributed by atoms with Crippen molar-refractivity contribution in [3.63, 3.8) is 0 Å². The van der Waals surface area contributed by atoms with Crippen LogP contribution in [0.5, 0.6) is 0 Å². The lowest BCUT2D eigenvalue weighted by molar-refractivity contribution is -0.162. The van der Waals surface area contributed by atoms with Gasteiger partial charge in [0.05, 0.1) is 13.7 Å². The Morgan fingerprint density at radius 2 is 2.24 bits per heavy atom. The maximum Gasteiger partial charge on any atom is 0.338 e. The Morgan fingerprint density at radius 1 is 1.53 bits per heavy atom. The third-order valence-electron chi connectivity index (χ3n) is 3.16. The second kappa shape index (κ2) is 6.33. The van der Waals surface area contributed by atoms with Crippen molar-refractivity contribution in [3.05, 3.63) is 0 Å². The molecule has 1 fully saturated rings. The van der Waals surface area contributed by atoms with Gasteiger partial charge in [0.25, 0.3) is 0 Å². The molecule has 1 aliphatic rings. The summed E-state index contributed by atoms with van der Waals surface area (Å²) in [6.07, 6.45) is 2.22. The fourth-order valence-electron chi connectivity index (χ4n) is 2.39. The van der Waals surface area contributed by atoms with Crippen LogP contribution in [0.15, 0.2) is 0 Å². The zero-order valence-electron chi connectivity index (χ0n) is 10.9. The molecule has 0 aliphatic carbocycles. The molecule has 5 nitrogen and oxygen atoms in total. The molecule has 1 rings (SSSR count). The molecule has 0 saturated carbocycles. The van der Waals surface area contributed by atoms with Gasteiger partial charge < -0.3 is 14.6 Å². The highest BCUT2D eigenvalue weighted by Crippen LogP contribution is 2.19. The number of rotatable bonds is 5. The molecule has 1 saturated heterocycles. The Bertz CT molecular complexity index is 253. The summed E-state index contributed by atoms with van der Waals surface area (Å²) in [5.41, 5.74) is -1.43. The van der Waals surface area contributed by atoms with Gasteiger partial charge in [-0.2, -0.15) is 0 Å². The summed E-state index contributed by atoms with van der Waals surface area (Å²) in [7, 11) is 2.99. The Morgan fingerprint density at radius 3 is 2.82 bits per heavy atom. The Hall–Kier alpha value is -0.650. The molecular weight excluding hydrogens is 222 g/mol. The number of ether oxygens (including phenoxy) is 2. The molecule has 17 heavy (non-hydrogen) atoms. The molecule has 0 spiro atoms. The van der Waals surface area contributed by atoms with Crippen LogP contribution < -0.4 is 0 Å². The maximum absolute atomic E-state index is 11.4. The van der Waals surface area contributed by atoms with Crippen LogP contribution in [0.1, 0.15) is 19.8 Å². The number of hydrogen-bond acceptors (Lipinski definition) is 5. The Labute approximate surface area is 103 Å². The van der Waals surface area contributed by atoms with Gasteiger partial charge in [-0.1, -0.05) is 0 Å². The first kappa shape index (κ1) is 14.4. The minimum atomic E-state index is -1.43. The lowest BCUT2D eigenvalue weighted by atomic mass is 9.97. The number of likely N-dealkylation sites (tertiary alicyclic amines) is 1. The van der Waals surface area contributed by atoms with Gasteiger partial charge in [-0.25, -0.2) is 4.79 Å². The van der Waals surface area contributed by atoms with Crippen molar-refractivity contribution in [2.45, 2.75) is 25.4 Å². The van der Waals surface area contributed by atoms with E-state index in [-0.39, 0.29) is 0 Å². The molecule has 1 aliphatic heterocycles. The molecular formula is C12H23NO4. The molecule has 0 aromatic carbocycles. The minimum Gasteiger partial charge on any atom is -0.467 e. The van der Waals surface area contributed by atoms with E-state index in [4.69, 9.17) is 4.74 Å². The zero-order valence-corrected chi connectivity index (χ0v) is 10.9. The average Bonchev–Trinajstić information content (AvgIpc) is 2.28. The molecule has 2 atom stereocenters. The number of aliphatic hydroxyl groups is 1. The molecule has 0 radical (unpaired) electrons. The number of β-amino-alcohol motifs (C(OH)–C–C–N with tert-alkyl or cyclic N) is 1. The summed E-state index contributed by atoms with van der Waals surface area (Å²) >= 11 is 0. The standard InChI is InChI=1S/C12H23NO4/c1-12(15,11(14)17-3)9-13-6-4-5-10(7-13)8-16-2/h10,15H,4-9H2,1-3H3. The summed E-state index contributed by atoms with van der Waals surface area (Å²) in [6, 6.07) is 0. The van der Waals surface area contributed by atoms with Crippen LogP contribution in [0.3, 0.4) is 0 Å². The number of carbonyl (C=O) groups excluding carboxylic acids is 1. The molecule has 0 aromatic heterocycles. The minimum absolute atomic E-state index is 0.319. The fraction of sp³-hybridized carbons (Fsp3) is 0.917. The number of piperidine rings is 1. The smallest absolute Gasteiger partial charge is 0.338 e. The molecule has 1 N–H and O–H groups in total. The largest absolute Gasteiger partial charge is 0.467 e. The molecule has 5 heteroatoms. The summed E-state index contributed by atoms with van der Waals surface area (Å²) in [5, 5.41) is 10.0. The second-order valence-corrected chi connectivity index (χ2v) is 4.96. The first-order valence-corrected chi connectivity index (χ1v) is 6.01. The van der Waals surface area contributed by atoms with Gasteiger partial charge in [0, 0.05) is 20.2 Å². The number of esters is 1. The van der Waals surface area contributed by atoms with Crippen molar-refractivity contribution in [2.24, 2.45) is 5.92 Å². The summed E-state index contributed by atoms with van der Waals surface area (Å²) in [6.45, 7) is 4.32. The van der Waals surface area contributed by atoms with E-state index >= 15 is 0 Å². The Kier molecular flexibility index (Phi) is 5.36. The van der Waals surface area contributed by atoms with E-state index in [1.165, 1.54) is 14.0 Å². The average molecular weight is 245 g/mol. The number of methoxy groups -OCH3 is 2.